The van der Waals surface area contributed by atoms with Gasteiger partial charge in [-0.1, -0.05) is 19.3 Å². The minimum Gasteiger partial charge on any atom is -0.312 e. The van der Waals surface area contributed by atoms with Crippen LogP contribution in [0.25, 0.3) is 0 Å². The molecule has 1 rings (SSSR count). The highest BCUT2D eigenvalue weighted by Crippen LogP contribution is 2.50. The van der Waals surface area contributed by atoms with Crippen molar-refractivity contribution in [2.45, 2.75) is 38.2 Å². The molecular weight excluding hydrogens is 241 g/mol. The van der Waals surface area contributed by atoms with E-state index in [1.165, 1.54) is 20.6 Å². The quantitative estimate of drug-likeness (QED) is 0.733. The summed E-state index contributed by atoms with van der Waals surface area (Å²) < 4.78 is 26.2. The average molecular weight is 267 g/mol. The SMILES string of the molecule is CN(C)C.COP(=O)(OC)OC1CCCCC1. The third-order valence-corrected chi connectivity index (χ3v) is 3.73. The fraction of sp³-hybridized carbons (Fsp3) is 1.00. The monoisotopic (exact) mass is 267 g/mol. The Labute approximate surface area is 105 Å². The molecule has 1 saturated carbocycles. The first kappa shape index (κ1) is 17.1. The Hall–Kier alpha value is 0.0700. The van der Waals surface area contributed by atoms with Crippen molar-refractivity contribution in [2.24, 2.45) is 0 Å². The van der Waals surface area contributed by atoms with Crippen molar-refractivity contribution >= 4 is 7.82 Å². The lowest BCUT2D eigenvalue weighted by Gasteiger charge is -2.24. The first-order chi connectivity index (χ1) is 7.93. The van der Waals surface area contributed by atoms with Gasteiger partial charge in [-0.25, -0.2) is 4.57 Å². The van der Waals surface area contributed by atoms with E-state index in [1.807, 2.05) is 26.0 Å². The van der Waals surface area contributed by atoms with Crippen LogP contribution in [-0.2, 0) is 18.1 Å². The second kappa shape index (κ2) is 9.06. The predicted octanol–water partition coefficient (Wildman–Crippen LogP) is 2.91. The molecule has 1 aliphatic carbocycles. The number of nitrogens with zero attached hydrogens (tertiary/aromatic N) is 1. The standard InChI is InChI=1S/C8H17O4P.C3H9N/c1-10-13(9,11-2)12-8-6-4-3-5-7-8;1-4(2)3/h8H,3-7H2,1-2H3;1-3H3. The van der Waals surface area contributed by atoms with E-state index in [1.54, 1.807) is 0 Å². The molecular formula is C11H26NO4P. The van der Waals surface area contributed by atoms with Gasteiger partial charge >= 0.3 is 7.82 Å². The van der Waals surface area contributed by atoms with Gasteiger partial charge in [0, 0.05) is 14.2 Å². The summed E-state index contributed by atoms with van der Waals surface area (Å²) in [6, 6.07) is 0. The molecule has 1 aliphatic rings. The topological polar surface area (TPSA) is 48.0 Å². The fourth-order valence-corrected chi connectivity index (χ4v) is 2.41. The first-order valence-electron chi connectivity index (χ1n) is 5.94. The molecule has 5 nitrogen and oxygen atoms in total. The number of phosphoric acid groups is 1. The van der Waals surface area contributed by atoms with E-state index in [0.29, 0.717) is 0 Å². The third kappa shape index (κ3) is 8.75. The normalized spacial score (nSPS) is 17.8. The summed E-state index contributed by atoms with van der Waals surface area (Å²) in [5.74, 6) is 0. The predicted molar refractivity (Wildman–Crippen MR) is 69.2 cm³/mol. The minimum atomic E-state index is -3.25. The van der Waals surface area contributed by atoms with Gasteiger partial charge in [-0.05, 0) is 34.0 Å². The lowest BCUT2D eigenvalue weighted by Crippen LogP contribution is -2.16. The van der Waals surface area contributed by atoms with Crippen molar-refractivity contribution in [1.82, 2.24) is 4.90 Å². The van der Waals surface area contributed by atoms with Crippen LogP contribution >= 0.6 is 7.82 Å². The largest absolute Gasteiger partial charge is 0.474 e. The van der Waals surface area contributed by atoms with Crippen LogP contribution in [0.1, 0.15) is 32.1 Å². The Morgan fingerprint density at radius 3 is 1.76 bits per heavy atom. The molecule has 0 saturated heterocycles. The van der Waals surface area contributed by atoms with Crippen LogP contribution in [0, 0.1) is 0 Å². The molecule has 0 aromatic carbocycles. The molecule has 0 amide bonds. The molecule has 0 bridgehead atoms. The summed E-state index contributed by atoms with van der Waals surface area (Å²) in [6.07, 6.45) is 5.47. The number of phosphoric ester groups is 1. The maximum Gasteiger partial charge on any atom is 0.474 e. The molecule has 6 heteroatoms. The maximum atomic E-state index is 11.6. The Morgan fingerprint density at radius 2 is 1.41 bits per heavy atom. The highest BCUT2D eigenvalue weighted by atomic mass is 31.2. The van der Waals surface area contributed by atoms with Gasteiger partial charge in [-0.3, -0.25) is 13.6 Å². The molecule has 0 heterocycles. The summed E-state index contributed by atoms with van der Waals surface area (Å²) in [6.45, 7) is 0. The minimum absolute atomic E-state index is 0.0412. The highest BCUT2D eigenvalue weighted by Gasteiger charge is 2.28. The van der Waals surface area contributed by atoms with Crippen LogP contribution in [0.15, 0.2) is 0 Å². The Morgan fingerprint density at radius 1 is 1.00 bits per heavy atom. The zero-order chi connectivity index (χ0) is 13.3. The Balaban J connectivity index is 0.000000557. The zero-order valence-electron chi connectivity index (χ0n) is 11.6. The highest BCUT2D eigenvalue weighted by molar-refractivity contribution is 7.48. The molecule has 17 heavy (non-hydrogen) atoms. The first-order valence-corrected chi connectivity index (χ1v) is 7.40. The van der Waals surface area contributed by atoms with Gasteiger partial charge in [-0.2, -0.15) is 0 Å². The molecule has 0 spiro atoms. The summed E-state index contributed by atoms with van der Waals surface area (Å²) >= 11 is 0. The van der Waals surface area contributed by atoms with E-state index in [-0.39, 0.29) is 6.10 Å². The van der Waals surface area contributed by atoms with Crippen LogP contribution in [0.5, 0.6) is 0 Å². The van der Waals surface area contributed by atoms with Crippen molar-refractivity contribution in [3.8, 4) is 0 Å². The van der Waals surface area contributed by atoms with E-state index < -0.39 is 7.82 Å². The molecule has 0 aromatic heterocycles. The van der Waals surface area contributed by atoms with Gasteiger partial charge in [0.15, 0.2) is 0 Å². The lowest BCUT2D eigenvalue weighted by atomic mass is 9.98. The van der Waals surface area contributed by atoms with Gasteiger partial charge in [-0.15, -0.1) is 0 Å². The molecule has 1 fully saturated rings. The van der Waals surface area contributed by atoms with E-state index in [9.17, 15) is 4.57 Å². The van der Waals surface area contributed by atoms with Crippen LogP contribution in [0.2, 0.25) is 0 Å². The van der Waals surface area contributed by atoms with Gasteiger partial charge in [0.25, 0.3) is 0 Å². The lowest BCUT2D eigenvalue weighted by molar-refractivity contribution is 0.0828. The molecule has 0 unspecified atom stereocenters. The van der Waals surface area contributed by atoms with Crippen LogP contribution < -0.4 is 0 Å². The van der Waals surface area contributed by atoms with E-state index >= 15 is 0 Å². The molecule has 104 valence electrons. The maximum absolute atomic E-state index is 11.6. The van der Waals surface area contributed by atoms with Crippen molar-refractivity contribution in [3.63, 3.8) is 0 Å². The average Bonchev–Trinajstić information content (AvgIpc) is 2.29. The summed E-state index contributed by atoms with van der Waals surface area (Å²) in [4.78, 5) is 2.00. The van der Waals surface area contributed by atoms with Crippen LogP contribution in [0.3, 0.4) is 0 Å². The Kier molecular flexibility index (Phi) is 9.10. The fourth-order valence-electron chi connectivity index (χ4n) is 1.51. The molecule has 0 aromatic rings. The zero-order valence-corrected chi connectivity index (χ0v) is 12.5. The molecule has 0 radical (unpaired) electrons. The van der Waals surface area contributed by atoms with E-state index in [0.717, 1.165) is 25.7 Å². The smallest absolute Gasteiger partial charge is 0.312 e. The molecule has 0 aliphatic heterocycles. The number of rotatable bonds is 4. The molecule has 0 atom stereocenters. The second-order valence-corrected chi connectivity index (χ2v) is 6.35. The third-order valence-electron chi connectivity index (χ3n) is 2.28. The van der Waals surface area contributed by atoms with Gasteiger partial charge < -0.3 is 4.90 Å². The van der Waals surface area contributed by atoms with Gasteiger partial charge in [0.1, 0.15) is 0 Å². The van der Waals surface area contributed by atoms with Gasteiger partial charge in [0.05, 0.1) is 6.10 Å². The van der Waals surface area contributed by atoms with Crippen molar-refractivity contribution in [1.29, 1.82) is 0 Å². The number of hydrogen-bond acceptors (Lipinski definition) is 5. The number of hydrogen-bond donors (Lipinski definition) is 0. The Bertz CT molecular complexity index is 219. The molecule has 0 N–H and O–H groups in total. The second-order valence-electron chi connectivity index (χ2n) is 4.52. The van der Waals surface area contributed by atoms with Crippen molar-refractivity contribution in [2.75, 3.05) is 35.4 Å². The van der Waals surface area contributed by atoms with E-state index in [4.69, 9.17) is 13.6 Å². The summed E-state index contributed by atoms with van der Waals surface area (Å²) in [5.41, 5.74) is 0. The van der Waals surface area contributed by atoms with E-state index in [2.05, 4.69) is 0 Å². The van der Waals surface area contributed by atoms with Crippen molar-refractivity contribution in [3.05, 3.63) is 0 Å². The summed E-state index contributed by atoms with van der Waals surface area (Å²) in [5, 5.41) is 0. The van der Waals surface area contributed by atoms with Crippen LogP contribution in [0.4, 0.5) is 0 Å². The van der Waals surface area contributed by atoms with Crippen molar-refractivity contribution < 1.29 is 18.1 Å². The van der Waals surface area contributed by atoms with Crippen LogP contribution in [-0.4, -0.2) is 46.4 Å². The summed E-state index contributed by atoms with van der Waals surface area (Å²) in [7, 11) is 5.43. The van der Waals surface area contributed by atoms with Gasteiger partial charge in [0.2, 0.25) is 0 Å².